The lowest BCUT2D eigenvalue weighted by atomic mass is 9.78. The molecule has 0 aliphatic heterocycles. The van der Waals surface area contributed by atoms with Gasteiger partial charge in [0.1, 0.15) is 0 Å². The molecule has 0 saturated heterocycles. The van der Waals surface area contributed by atoms with Crippen LogP contribution in [-0.2, 0) is 20.0 Å². The van der Waals surface area contributed by atoms with Crippen LogP contribution in [0.4, 0.5) is 0 Å². The summed E-state index contributed by atoms with van der Waals surface area (Å²) in [7, 11) is -6.09. The molecule has 486 valence electrons. The van der Waals surface area contributed by atoms with Crippen molar-refractivity contribution in [2.45, 2.75) is 38.5 Å². The SMILES string of the molecule is CC1(C)c2ccccc2-c2nc3ccc4ccccc4c3c(-c3ccc(-c4ccc(P(=O)(c5ccccc5)c5ccccc5)cc4)cc3)c21.CC1(C)c2ccccc2-c2nc3ccc4ccccc4c3c(-c3ccc(-c4ccc5cc(P(=O)(c6ccccc6)c6ccccc6)ccc5c4)cc3)c21. The molecule has 4 nitrogen and oxygen atoms in total. The molecule has 2 heterocycles. The summed E-state index contributed by atoms with van der Waals surface area (Å²) in [6.45, 7) is 9.35. The lowest BCUT2D eigenvalue weighted by Gasteiger charge is -2.25. The summed E-state index contributed by atoms with van der Waals surface area (Å²) < 4.78 is 29.9. The molecular weight excluding hydrogens is 1280 g/mol. The third kappa shape index (κ3) is 10.1. The summed E-state index contributed by atoms with van der Waals surface area (Å²) in [5.74, 6) is 0. The lowest BCUT2D eigenvalue weighted by Crippen LogP contribution is -2.24. The fourth-order valence-corrected chi connectivity index (χ4v) is 21.9. The number of fused-ring (bicyclic) bond motifs is 13. The Labute approximate surface area is 595 Å². The van der Waals surface area contributed by atoms with E-state index in [4.69, 9.17) is 9.97 Å². The van der Waals surface area contributed by atoms with Gasteiger partial charge in [0.25, 0.3) is 0 Å². The molecule has 0 bridgehead atoms. The third-order valence-corrected chi connectivity index (χ3v) is 27.8. The number of hydrogen-bond acceptors (Lipinski definition) is 4. The molecule has 15 aromatic carbocycles. The van der Waals surface area contributed by atoms with Gasteiger partial charge in [-0.25, -0.2) is 9.97 Å². The molecule has 0 fully saturated rings. The van der Waals surface area contributed by atoms with Crippen molar-refractivity contribution in [3.8, 4) is 67.0 Å². The summed E-state index contributed by atoms with van der Waals surface area (Å²) in [4.78, 5) is 10.7. The number of hydrogen-bond donors (Lipinski definition) is 0. The first-order valence-corrected chi connectivity index (χ1v) is 38.5. The zero-order valence-corrected chi connectivity index (χ0v) is 58.9. The zero-order valence-electron chi connectivity index (χ0n) is 57.1. The second-order valence-corrected chi connectivity index (χ2v) is 33.7. The molecule has 0 saturated carbocycles. The van der Waals surface area contributed by atoms with E-state index in [9.17, 15) is 4.57 Å². The molecule has 102 heavy (non-hydrogen) atoms. The minimum atomic E-state index is -3.06. The van der Waals surface area contributed by atoms with Crippen molar-refractivity contribution in [1.29, 1.82) is 0 Å². The lowest BCUT2D eigenvalue weighted by molar-refractivity contribution is 0.591. The van der Waals surface area contributed by atoms with Gasteiger partial charge in [0.05, 0.1) is 22.4 Å². The first-order chi connectivity index (χ1) is 49.8. The first-order valence-electron chi connectivity index (χ1n) is 35.1. The molecule has 0 amide bonds. The van der Waals surface area contributed by atoms with Crippen LogP contribution in [0, 0.1) is 0 Å². The molecule has 2 aliphatic carbocycles. The highest BCUT2D eigenvalue weighted by Crippen LogP contribution is 2.56. The van der Waals surface area contributed by atoms with Crippen LogP contribution >= 0.6 is 14.3 Å². The van der Waals surface area contributed by atoms with E-state index in [1.165, 1.54) is 88.0 Å². The normalized spacial score (nSPS) is 13.3. The summed E-state index contributed by atoms with van der Waals surface area (Å²) in [5, 5.41) is 14.5. The van der Waals surface area contributed by atoms with Gasteiger partial charge < -0.3 is 9.13 Å². The Hall–Kier alpha value is -11.6. The Kier molecular flexibility index (Phi) is 15.1. The van der Waals surface area contributed by atoms with E-state index in [-0.39, 0.29) is 10.8 Å². The van der Waals surface area contributed by atoms with Crippen molar-refractivity contribution in [2.75, 3.05) is 0 Å². The Bertz CT molecular complexity index is 6190. The predicted molar refractivity (Wildman–Crippen MR) is 432 cm³/mol. The number of pyridine rings is 2. The maximum Gasteiger partial charge on any atom is 0.171 e. The van der Waals surface area contributed by atoms with Gasteiger partial charge in [-0.2, -0.15) is 0 Å². The van der Waals surface area contributed by atoms with Crippen molar-refractivity contribution in [1.82, 2.24) is 9.97 Å². The van der Waals surface area contributed by atoms with Gasteiger partial charge >= 0.3 is 0 Å². The van der Waals surface area contributed by atoms with Gasteiger partial charge in [-0.1, -0.05) is 355 Å². The maximum atomic E-state index is 15.0. The van der Waals surface area contributed by atoms with Crippen LogP contribution in [0.1, 0.15) is 49.9 Å². The molecule has 2 aliphatic rings. The molecule has 0 spiro atoms. The number of benzene rings is 15. The van der Waals surface area contributed by atoms with Gasteiger partial charge in [0.15, 0.2) is 14.3 Å². The smallest absolute Gasteiger partial charge is 0.171 e. The molecule has 0 unspecified atom stereocenters. The van der Waals surface area contributed by atoms with Gasteiger partial charge in [-0.05, 0) is 123 Å². The van der Waals surface area contributed by atoms with E-state index in [1.54, 1.807) is 0 Å². The topological polar surface area (TPSA) is 59.9 Å². The minimum absolute atomic E-state index is 0.208. The Morgan fingerprint density at radius 1 is 0.255 bits per heavy atom. The van der Waals surface area contributed by atoms with Crippen molar-refractivity contribution in [3.05, 3.63) is 374 Å². The van der Waals surface area contributed by atoms with Crippen LogP contribution < -0.4 is 31.8 Å². The van der Waals surface area contributed by atoms with E-state index < -0.39 is 14.3 Å². The number of rotatable bonds is 10. The molecular formula is C96H70N2O2P2. The van der Waals surface area contributed by atoms with Crippen molar-refractivity contribution < 1.29 is 9.13 Å². The zero-order chi connectivity index (χ0) is 68.9. The molecule has 0 radical (unpaired) electrons. The molecule has 0 atom stereocenters. The van der Waals surface area contributed by atoms with Crippen molar-refractivity contribution >= 4 is 100 Å². The van der Waals surface area contributed by atoms with Gasteiger partial charge in [-0.15, -0.1) is 0 Å². The largest absolute Gasteiger partial charge is 0.309 e. The van der Waals surface area contributed by atoms with Crippen molar-refractivity contribution in [2.24, 2.45) is 0 Å². The highest BCUT2D eigenvalue weighted by molar-refractivity contribution is 7.85. The average molecular weight is 1350 g/mol. The van der Waals surface area contributed by atoms with Crippen LogP contribution in [0.3, 0.4) is 0 Å². The molecule has 6 heteroatoms. The summed E-state index contributed by atoms with van der Waals surface area (Å²) in [6, 6.07) is 122. The van der Waals surface area contributed by atoms with Gasteiger partial charge in [0.2, 0.25) is 0 Å². The number of nitrogens with zero attached hydrogens (tertiary/aromatic N) is 2. The summed E-state index contributed by atoms with van der Waals surface area (Å²) in [5.41, 5.74) is 20.9. The Balaban J connectivity index is 0.000000147. The van der Waals surface area contributed by atoms with Crippen LogP contribution in [0.2, 0.25) is 0 Å². The Morgan fingerprint density at radius 3 is 1.00 bits per heavy atom. The fourth-order valence-electron chi connectivity index (χ4n) is 16.6. The van der Waals surface area contributed by atoms with E-state index in [0.29, 0.717) is 0 Å². The number of aromatic nitrogens is 2. The van der Waals surface area contributed by atoms with E-state index in [2.05, 4.69) is 246 Å². The predicted octanol–water partition coefficient (Wildman–Crippen LogP) is 22.5. The van der Waals surface area contributed by atoms with Gasteiger partial charge in [-0.3, -0.25) is 0 Å². The van der Waals surface area contributed by atoms with Crippen LogP contribution in [0.25, 0.3) is 121 Å². The molecule has 19 rings (SSSR count). The quantitative estimate of drug-likeness (QED) is 0.101. The standard InChI is InChI=1S/C50H36NOP.C46H34NOP/c1-50(2)44-20-12-11-19-43(44)49-48(50)46(47-42-18-10-9-13-34(42)28-30-45(47)51-49)35-23-21-33(22-24-35)36-25-26-38-32-41(29-27-37(38)31-36)53(52,39-14-5-3-6-15-39)40-16-7-4-8-17-40;1-46(2)40-20-12-11-19-39(40)45-44(46)42(43-38-18-10-9-13-33(38)27-30-41(43)47-45)34-23-21-31(22-24-34)32-25-28-37(29-26-32)49(48,35-14-5-3-6-15-35)36-16-7-4-8-17-36/h3-32H,1-2H3;3-30H,1-2H3. The average Bonchev–Trinajstić information content (AvgIpc) is 1.53. The molecule has 0 N–H and O–H groups in total. The van der Waals surface area contributed by atoms with E-state index >= 15 is 4.57 Å². The highest BCUT2D eigenvalue weighted by atomic mass is 31.2. The van der Waals surface area contributed by atoms with Crippen LogP contribution in [-0.4, -0.2) is 9.97 Å². The highest BCUT2D eigenvalue weighted by Gasteiger charge is 2.42. The Morgan fingerprint density at radius 2 is 0.559 bits per heavy atom. The minimum Gasteiger partial charge on any atom is -0.309 e. The summed E-state index contributed by atoms with van der Waals surface area (Å²) in [6.07, 6.45) is 0. The van der Waals surface area contributed by atoms with Crippen molar-refractivity contribution in [3.63, 3.8) is 0 Å². The van der Waals surface area contributed by atoms with E-state index in [1.807, 2.05) is 133 Å². The fraction of sp³-hybridized carbons (Fsp3) is 0.0625. The monoisotopic (exact) mass is 1340 g/mol. The molecule has 17 aromatic rings. The van der Waals surface area contributed by atoms with Gasteiger partial charge in [0, 0.05) is 64.6 Å². The molecule has 2 aromatic heterocycles. The summed E-state index contributed by atoms with van der Waals surface area (Å²) >= 11 is 0. The first kappa shape index (κ1) is 62.6. The van der Waals surface area contributed by atoms with Crippen LogP contribution in [0.5, 0.6) is 0 Å². The third-order valence-electron chi connectivity index (χ3n) is 21.6. The van der Waals surface area contributed by atoms with Crippen LogP contribution in [0.15, 0.2) is 352 Å². The maximum absolute atomic E-state index is 15.0. The second kappa shape index (κ2) is 24.6. The van der Waals surface area contributed by atoms with E-state index in [0.717, 1.165) is 87.3 Å². The second-order valence-electron chi connectivity index (χ2n) is 28.1.